The summed E-state index contributed by atoms with van der Waals surface area (Å²) in [5.74, 6) is 0.576. The summed E-state index contributed by atoms with van der Waals surface area (Å²) in [5, 5.41) is 4.06. The van der Waals surface area contributed by atoms with Crippen LogP contribution in [-0.4, -0.2) is 21.9 Å². The molecule has 0 aromatic carbocycles. The van der Waals surface area contributed by atoms with Gasteiger partial charge in [0.05, 0.1) is 5.69 Å². The molecule has 116 valence electrons. The molecule has 2 aromatic rings. The SMILES string of the molecule is Cc1nc(-c2cccnc2)sc1C(=O)NC1CCCCC1C. The van der Waals surface area contributed by atoms with Gasteiger partial charge in [0, 0.05) is 24.0 Å². The van der Waals surface area contributed by atoms with Crippen LogP contribution in [0.1, 0.15) is 48.0 Å². The average Bonchev–Trinajstić information content (AvgIpc) is 2.92. The summed E-state index contributed by atoms with van der Waals surface area (Å²) in [6.07, 6.45) is 8.29. The van der Waals surface area contributed by atoms with Gasteiger partial charge >= 0.3 is 0 Å². The molecule has 4 nitrogen and oxygen atoms in total. The minimum absolute atomic E-state index is 0.0175. The molecule has 1 aliphatic rings. The van der Waals surface area contributed by atoms with E-state index in [1.807, 2.05) is 19.1 Å². The summed E-state index contributed by atoms with van der Waals surface area (Å²) in [4.78, 5) is 21.9. The fraction of sp³-hybridized carbons (Fsp3) is 0.471. The fourth-order valence-corrected chi connectivity index (χ4v) is 3.94. The Morgan fingerprint density at radius 3 is 2.91 bits per heavy atom. The summed E-state index contributed by atoms with van der Waals surface area (Å²) in [7, 11) is 0. The number of aryl methyl sites for hydroxylation is 1. The van der Waals surface area contributed by atoms with Crippen LogP contribution in [0.15, 0.2) is 24.5 Å². The molecule has 5 heteroatoms. The summed E-state index contributed by atoms with van der Waals surface area (Å²) in [6, 6.07) is 4.15. The van der Waals surface area contributed by atoms with E-state index in [0.717, 1.165) is 27.6 Å². The number of hydrogen-bond acceptors (Lipinski definition) is 4. The highest BCUT2D eigenvalue weighted by atomic mass is 32.1. The van der Waals surface area contributed by atoms with Crippen LogP contribution in [0.25, 0.3) is 10.6 Å². The monoisotopic (exact) mass is 315 g/mol. The van der Waals surface area contributed by atoms with Crippen molar-refractivity contribution in [3.63, 3.8) is 0 Å². The lowest BCUT2D eigenvalue weighted by Crippen LogP contribution is -2.40. The maximum absolute atomic E-state index is 12.6. The van der Waals surface area contributed by atoms with E-state index >= 15 is 0 Å². The van der Waals surface area contributed by atoms with Gasteiger partial charge in [-0.2, -0.15) is 0 Å². The lowest BCUT2D eigenvalue weighted by Gasteiger charge is -2.29. The van der Waals surface area contributed by atoms with Crippen molar-refractivity contribution < 1.29 is 4.79 Å². The number of amides is 1. The number of thiazole rings is 1. The molecular weight excluding hydrogens is 294 g/mol. The molecule has 3 rings (SSSR count). The lowest BCUT2D eigenvalue weighted by atomic mass is 9.86. The van der Waals surface area contributed by atoms with Gasteiger partial charge in [-0.15, -0.1) is 11.3 Å². The Bertz CT molecular complexity index is 653. The number of rotatable bonds is 3. The van der Waals surface area contributed by atoms with Crippen LogP contribution in [0.3, 0.4) is 0 Å². The molecule has 1 aliphatic carbocycles. The minimum Gasteiger partial charge on any atom is -0.348 e. The molecule has 0 aliphatic heterocycles. The zero-order valence-corrected chi connectivity index (χ0v) is 13.8. The van der Waals surface area contributed by atoms with Crippen LogP contribution < -0.4 is 5.32 Å². The smallest absolute Gasteiger partial charge is 0.263 e. The van der Waals surface area contributed by atoms with Crippen LogP contribution in [-0.2, 0) is 0 Å². The van der Waals surface area contributed by atoms with Crippen molar-refractivity contribution in [2.24, 2.45) is 5.92 Å². The third kappa shape index (κ3) is 3.19. The van der Waals surface area contributed by atoms with Gasteiger partial charge in [-0.1, -0.05) is 19.8 Å². The molecule has 2 atom stereocenters. The predicted octanol–water partition coefficient (Wildman–Crippen LogP) is 3.82. The van der Waals surface area contributed by atoms with Gasteiger partial charge in [0.2, 0.25) is 0 Å². The molecule has 1 fully saturated rings. The highest BCUT2D eigenvalue weighted by molar-refractivity contribution is 7.17. The highest BCUT2D eigenvalue weighted by Crippen LogP contribution is 2.28. The van der Waals surface area contributed by atoms with Gasteiger partial charge in [0.15, 0.2) is 0 Å². The van der Waals surface area contributed by atoms with E-state index in [9.17, 15) is 4.79 Å². The molecule has 0 spiro atoms. The Morgan fingerprint density at radius 2 is 2.18 bits per heavy atom. The predicted molar refractivity (Wildman–Crippen MR) is 89.0 cm³/mol. The maximum atomic E-state index is 12.6. The standard InChI is InChI=1S/C17H21N3OS/c1-11-6-3-4-8-14(11)20-16(21)15-12(2)19-17(22-15)13-7-5-9-18-10-13/h5,7,9-11,14H,3-4,6,8H2,1-2H3,(H,20,21). The molecule has 1 saturated carbocycles. The summed E-state index contributed by atoms with van der Waals surface area (Å²) >= 11 is 1.45. The van der Waals surface area contributed by atoms with E-state index in [1.165, 1.54) is 30.6 Å². The van der Waals surface area contributed by atoms with Crippen molar-refractivity contribution >= 4 is 17.2 Å². The quantitative estimate of drug-likeness (QED) is 0.936. The van der Waals surface area contributed by atoms with E-state index in [1.54, 1.807) is 12.4 Å². The summed E-state index contributed by atoms with van der Waals surface area (Å²) < 4.78 is 0. The Labute approximate surface area is 135 Å². The molecule has 2 unspecified atom stereocenters. The van der Waals surface area contributed by atoms with E-state index < -0.39 is 0 Å². The minimum atomic E-state index is 0.0175. The van der Waals surface area contributed by atoms with Gasteiger partial charge < -0.3 is 5.32 Å². The van der Waals surface area contributed by atoms with Crippen LogP contribution >= 0.6 is 11.3 Å². The highest BCUT2D eigenvalue weighted by Gasteiger charge is 2.25. The first-order chi connectivity index (χ1) is 10.6. The van der Waals surface area contributed by atoms with Crippen LogP contribution in [0.4, 0.5) is 0 Å². The Hall–Kier alpha value is -1.75. The number of aromatic nitrogens is 2. The Kier molecular flexibility index (Phi) is 4.52. The molecule has 1 N–H and O–H groups in total. The van der Waals surface area contributed by atoms with Gasteiger partial charge in [0.25, 0.3) is 5.91 Å². The number of carbonyl (C=O) groups is 1. The van der Waals surface area contributed by atoms with E-state index in [2.05, 4.69) is 22.2 Å². The molecule has 0 saturated heterocycles. The van der Waals surface area contributed by atoms with E-state index in [4.69, 9.17) is 0 Å². The Balaban J connectivity index is 1.77. The molecular formula is C17H21N3OS. The fourth-order valence-electron chi connectivity index (χ4n) is 2.98. The van der Waals surface area contributed by atoms with Crippen molar-refractivity contribution in [2.75, 3.05) is 0 Å². The van der Waals surface area contributed by atoms with Crippen molar-refractivity contribution in [1.29, 1.82) is 0 Å². The molecule has 2 heterocycles. The molecule has 2 aromatic heterocycles. The first-order valence-electron chi connectivity index (χ1n) is 7.84. The first-order valence-corrected chi connectivity index (χ1v) is 8.65. The normalized spacial score (nSPS) is 21.5. The van der Waals surface area contributed by atoms with Crippen molar-refractivity contribution in [3.8, 4) is 10.6 Å². The zero-order chi connectivity index (χ0) is 15.5. The first kappa shape index (κ1) is 15.2. The van der Waals surface area contributed by atoms with Gasteiger partial charge in [-0.3, -0.25) is 9.78 Å². The molecule has 0 radical (unpaired) electrons. The van der Waals surface area contributed by atoms with Gasteiger partial charge in [-0.05, 0) is 37.8 Å². The molecule has 0 bridgehead atoms. The number of nitrogens with one attached hydrogen (secondary N) is 1. The third-order valence-corrected chi connectivity index (χ3v) is 5.54. The van der Waals surface area contributed by atoms with E-state index in [0.29, 0.717) is 12.0 Å². The summed E-state index contributed by atoms with van der Waals surface area (Å²) in [5.41, 5.74) is 1.76. The second-order valence-electron chi connectivity index (χ2n) is 6.02. The van der Waals surface area contributed by atoms with Crippen LogP contribution in [0.2, 0.25) is 0 Å². The van der Waals surface area contributed by atoms with E-state index in [-0.39, 0.29) is 5.91 Å². The average molecular weight is 315 g/mol. The summed E-state index contributed by atoms with van der Waals surface area (Å²) in [6.45, 7) is 4.13. The second-order valence-corrected chi connectivity index (χ2v) is 7.02. The van der Waals surface area contributed by atoms with Crippen LogP contribution in [0.5, 0.6) is 0 Å². The molecule has 22 heavy (non-hydrogen) atoms. The Morgan fingerprint density at radius 1 is 1.36 bits per heavy atom. The largest absolute Gasteiger partial charge is 0.348 e. The third-order valence-electron chi connectivity index (χ3n) is 4.34. The van der Waals surface area contributed by atoms with Gasteiger partial charge in [-0.25, -0.2) is 4.98 Å². The number of pyridine rings is 1. The van der Waals surface area contributed by atoms with Crippen molar-refractivity contribution in [2.45, 2.75) is 45.6 Å². The van der Waals surface area contributed by atoms with Gasteiger partial charge in [0.1, 0.15) is 9.88 Å². The number of nitrogens with zero attached hydrogens (tertiary/aromatic N) is 2. The second kappa shape index (κ2) is 6.57. The lowest BCUT2D eigenvalue weighted by molar-refractivity contribution is 0.0913. The zero-order valence-electron chi connectivity index (χ0n) is 13.0. The topological polar surface area (TPSA) is 54.9 Å². The van der Waals surface area contributed by atoms with Crippen molar-refractivity contribution in [3.05, 3.63) is 35.1 Å². The van der Waals surface area contributed by atoms with Crippen LogP contribution in [0, 0.1) is 12.8 Å². The van der Waals surface area contributed by atoms with Crippen molar-refractivity contribution in [1.82, 2.24) is 15.3 Å². The number of carbonyl (C=O) groups excluding carboxylic acids is 1. The molecule has 1 amide bonds. The maximum Gasteiger partial charge on any atom is 0.263 e. The number of hydrogen-bond donors (Lipinski definition) is 1.